The van der Waals surface area contributed by atoms with Crippen molar-refractivity contribution in [1.29, 1.82) is 0 Å². The molecule has 0 aliphatic carbocycles. The number of amides is 2. The number of ether oxygens (including phenoxy) is 1. The fourth-order valence-electron chi connectivity index (χ4n) is 2.86. The molecule has 148 valence electrons. The molecule has 0 aromatic heterocycles. The van der Waals surface area contributed by atoms with Gasteiger partial charge in [0.05, 0.1) is 7.11 Å². The van der Waals surface area contributed by atoms with Gasteiger partial charge in [-0.25, -0.2) is 4.39 Å². The van der Waals surface area contributed by atoms with Crippen LogP contribution in [0.3, 0.4) is 0 Å². The second-order valence-electron chi connectivity index (χ2n) is 6.36. The molecule has 3 aromatic rings. The van der Waals surface area contributed by atoms with Crippen LogP contribution in [0.5, 0.6) is 11.5 Å². The SMILES string of the molecule is COc1cccc(O)c1C(=O)Nc1cccc(NC(=O)c2cc(C)cc(F)c2)c1. The highest BCUT2D eigenvalue weighted by Crippen LogP contribution is 2.28. The highest BCUT2D eigenvalue weighted by Gasteiger charge is 2.17. The minimum Gasteiger partial charge on any atom is -0.507 e. The predicted octanol–water partition coefficient (Wildman–Crippen LogP) is 4.35. The van der Waals surface area contributed by atoms with Gasteiger partial charge in [-0.05, 0) is 61.0 Å². The predicted molar refractivity (Wildman–Crippen MR) is 108 cm³/mol. The minimum atomic E-state index is -0.566. The van der Waals surface area contributed by atoms with Crippen molar-refractivity contribution in [3.8, 4) is 11.5 Å². The Balaban J connectivity index is 1.78. The normalized spacial score (nSPS) is 10.3. The monoisotopic (exact) mass is 394 g/mol. The summed E-state index contributed by atoms with van der Waals surface area (Å²) in [5, 5.41) is 15.3. The fourth-order valence-corrected chi connectivity index (χ4v) is 2.86. The summed E-state index contributed by atoms with van der Waals surface area (Å²) in [6.07, 6.45) is 0. The average molecular weight is 394 g/mol. The van der Waals surface area contributed by atoms with E-state index in [0.717, 1.165) is 6.07 Å². The van der Waals surface area contributed by atoms with E-state index in [1.165, 1.54) is 19.2 Å². The van der Waals surface area contributed by atoms with Crippen LogP contribution >= 0.6 is 0 Å². The van der Waals surface area contributed by atoms with Gasteiger partial charge in [-0.15, -0.1) is 0 Å². The Kier molecular flexibility index (Phi) is 5.78. The standard InChI is InChI=1S/C22H19FN2O4/c1-13-9-14(11-15(23)10-13)21(27)24-16-5-3-6-17(12-16)25-22(28)20-18(26)7-4-8-19(20)29-2/h3-12,26H,1-2H3,(H,24,27)(H,25,28). The summed E-state index contributed by atoms with van der Waals surface area (Å²) in [6.45, 7) is 1.70. The van der Waals surface area contributed by atoms with Gasteiger partial charge in [0.1, 0.15) is 22.9 Å². The number of methoxy groups -OCH3 is 1. The quantitative estimate of drug-likeness (QED) is 0.600. The van der Waals surface area contributed by atoms with Gasteiger partial charge in [0.2, 0.25) is 0 Å². The number of aromatic hydroxyl groups is 1. The second kappa shape index (κ2) is 8.43. The van der Waals surface area contributed by atoms with Crippen molar-refractivity contribution in [3.63, 3.8) is 0 Å². The Morgan fingerprint density at radius 3 is 2.24 bits per heavy atom. The van der Waals surface area contributed by atoms with Gasteiger partial charge >= 0.3 is 0 Å². The molecule has 0 bridgehead atoms. The van der Waals surface area contributed by atoms with Gasteiger partial charge in [-0.1, -0.05) is 12.1 Å². The number of carbonyl (C=O) groups is 2. The van der Waals surface area contributed by atoms with Crippen molar-refractivity contribution < 1.29 is 23.8 Å². The highest BCUT2D eigenvalue weighted by molar-refractivity contribution is 6.09. The third-order valence-corrected chi connectivity index (χ3v) is 4.13. The van der Waals surface area contributed by atoms with E-state index < -0.39 is 17.6 Å². The Morgan fingerprint density at radius 2 is 1.59 bits per heavy atom. The number of carbonyl (C=O) groups excluding carboxylic acids is 2. The number of anilines is 2. The zero-order chi connectivity index (χ0) is 21.0. The van der Waals surface area contributed by atoms with Crippen LogP contribution < -0.4 is 15.4 Å². The molecule has 29 heavy (non-hydrogen) atoms. The number of phenols is 1. The number of rotatable bonds is 5. The van der Waals surface area contributed by atoms with Crippen molar-refractivity contribution in [1.82, 2.24) is 0 Å². The summed E-state index contributed by atoms with van der Waals surface area (Å²) in [7, 11) is 1.40. The third kappa shape index (κ3) is 4.70. The van der Waals surface area contributed by atoms with Crippen LogP contribution in [-0.4, -0.2) is 24.0 Å². The molecule has 0 spiro atoms. The molecule has 2 amide bonds. The van der Waals surface area contributed by atoms with Crippen LogP contribution in [0.1, 0.15) is 26.3 Å². The first-order chi connectivity index (χ1) is 13.9. The number of benzene rings is 3. The molecule has 3 rings (SSSR count). The second-order valence-corrected chi connectivity index (χ2v) is 6.36. The summed E-state index contributed by atoms with van der Waals surface area (Å²) in [4.78, 5) is 25.0. The van der Waals surface area contributed by atoms with E-state index >= 15 is 0 Å². The van der Waals surface area contributed by atoms with Crippen molar-refractivity contribution in [3.05, 3.63) is 83.2 Å². The lowest BCUT2D eigenvalue weighted by atomic mass is 10.1. The molecule has 0 aliphatic heterocycles. The summed E-state index contributed by atoms with van der Waals surface area (Å²) in [5.41, 5.74) is 1.64. The van der Waals surface area contributed by atoms with E-state index in [1.807, 2.05) is 0 Å². The molecule has 0 atom stereocenters. The van der Waals surface area contributed by atoms with E-state index in [0.29, 0.717) is 16.9 Å². The largest absolute Gasteiger partial charge is 0.507 e. The number of halogens is 1. The van der Waals surface area contributed by atoms with Crippen LogP contribution in [0.25, 0.3) is 0 Å². The maximum atomic E-state index is 13.5. The van der Waals surface area contributed by atoms with Crippen molar-refractivity contribution in [2.45, 2.75) is 6.92 Å². The molecule has 0 saturated carbocycles. The zero-order valence-electron chi connectivity index (χ0n) is 15.8. The van der Waals surface area contributed by atoms with Gasteiger partial charge in [0.15, 0.2) is 0 Å². The fraction of sp³-hybridized carbons (Fsp3) is 0.0909. The molecule has 3 aromatic carbocycles. The molecule has 0 aliphatic rings. The van der Waals surface area contributed by atoms with Crippen LogP contribution in [0.15, 0.2) is 60.7 Å². The third-order valence-electron chi connectivity index (χ3n) is 4.13. The lowest BCUT2D eigenvalue weighted by molar-refractivity contribution is 0.101. The maximum absolute atomic E-state index is 13.5. The molecule has 0 fully saturated rings. The van der Waals surface area contributed by atoms with Crippen LogP contribution in [-0.2, 0) is 0 Å². The Labute approximate surface area is 167 Å². The summed E-state index contributed by atoms with van der Waals surface area (Å²) in [6, 6.07) is 15.0. The summed E-state index contributed by atoms with van der Waals surface area (Å²) >= 11 is 0. The molecule has 0 saturated heterocycles. The molecule has 3 N–H and O–H groups in total. The number of aryl methyl sites for hydroxylation is 1. The molecular weight excluding hydrogens is 375 g/mol. The molecule has 7 heteroatoms. The van der Waals surface area contributed by atoms with Gasteiger partial charge in [-0.3, -0.25) is 9.59 Å². The Bertz CT molecular complexity index is 1060. The number of hydrogen-bond acceptors (Lipinski definition) is 4. The topological polar surface area (TPSA) is 87.7 Å². The van der Waals surface area contributed by atoms with E-state index in [2.05, 4.69) is 10.6 Å². The van der Waals surface area contributed by atoms with Crippen molar-refractivity contribution >= 4 is 23.2 Å². The van der Waals surface area contributed by atoms with Gasteiger partial charge < -0.3 is 20.5 Å². The van der Waals surface area contributed by atoms with Gasteiger partial charge in [0.25, 0.3) is 11.8 Å². The molecular formula is C22H19FN2O4. The number of nitrogens with one attached hydrogen (secondary N) is 2. The summed E-state index contributed by atoms with van der Waals surface area (Å²) < 4.78 is 18.7. The first-order valence-corrected chi connectivity index (χ1v) is 8.73. The number of phenolic OH excluding ortho intramolecular Hbond substituents is 1. The van der Waals surface area contributed by atoms with Crippen molar-refractivity contribution in [2.75, 3.05) is 17.7 Å². The summed E-state index contributed by atoms with van der Waals surface area (Å²) in [5.74, 6) is -1.52. The lowest BCUT2D eigenvalue weighted by Gasteiger charge is -2.12. The highest BCUT2D eigenvalue weighted by atomic mass is 19.1. The van der Waals surface area contributed by atoms with Crippen LogP contribution in [0.4, 0.5) is 15.8 Å². The van der Waals surface area contributed by atoms with Crippen LogP contribution in [0.2, 0.25) is 0 Å². The first-order valence-electron chi connectivity index (χ1n) is 8.73. The molecule has 6 nitrogen and oxygen atoms in total. The smallest absolute Gasteiger partial charge is 0.263 e. The first kappa shape index (κ1) is 19.9. The Morgan fingerprint density at radius 1 is 0.931 bits per heavy atom. The molecule has 0 heterocycles. The average Bonchev–Trinajstić information content (AvgIpc) is 2.67. The lowest BCUT2D eigenvalue weighted by Crippen LogP contribution is -2.15. The minimum absolute atomic E-state index is 0.000301. The zero-order valence-corrected chi connectivity index (χ0v) is 15.8. The van der Waals surface area contributed by atoms with Gasteiger partial charge in [-0.2, -0.15) is 0 Å². The van der Waals surface area contributed by atoms with E-state index in [4.69, 9.17) is 4.74 Å². The van der Waals surface area contributed by atoms with E-state index in [9.17, 15) is 19.1 Å². The van der Waals surface area contributed by atoms with E-state index in [1.54, 1.807) is 49.4 Å². The Hall–Kier alpha value is -3.87. The molecule has 0 unspecified atom stereocenters. The maximum Gasteiger partial charge on any atom is 0.263 e. The molecule has 0 radical (unpaired) electrons. The van der Waals surface area contributed by atoms with E-state index in [-0.39, 0.29) is 22.6 Å². The van der Waals surface area contributed by atoms with Crippen molar-refractivity contribution in [2.24, 2.45) is 0 Å². The number of hydrogen-bond donors (Lipinski definition) is 3. The van der Waals surface area contributed by atoms with Gasteiger partial charge in [0, 0.05) is 16.9 Å². The van der Waals surface area contributed by atoms with Crippen LogP contribution in [0, 0.1) is 12.7 Å².